The first kappa shape index (κ1) is 19.8. The molecule has 0 radical (unpaired) electrons. The molecule has 144 valence electrons. The van der Waals surface area contributed by atoms with E-state index in [0.717, 1.165) is 10.2 Å². The number of amides is 2. The number of rotatable bonds is 6. The van der Waals surface area contributed by atoms with Crippen LogP contribution in [0.1, 0.15) is 10.4 Å². The van der Waals surface area contributed by atoms with Crippen molar-refractivity contribution in [2.24, 2.45) is 0 Å². The van der Waals surface area contributed by atoms with Crippen LogP contribution < -0.4 is 5.32 Å². The van der Waals surface area contributed by atoms with E-state index in [-0.39, 0.29) is 6.54 Å². The molecule has 1 heterocycles. The molecule has 3 rings (SSSR count). The van der Waals surface area contributed by atoms with Crippen LogP contribution in [0, 0.1) is 0 Å². The Balaban J connectivity index is 1.50. The van der Waals surface area contributed by atoms with Crippen LogP contribution >= 0.6 is 22.9 Å². The molecule has 3 aromatic rings. The number of nitrogens with zero attached hydrogens (tertiary/aromatic N) is 2. The van der Waals surface area contributed by atoms with Gasteiger partial charge in [-0.05, 0) is 30.3 Å². The van der Waals surface area contributed by atoms with Crippen LogP contribution in [0.4, 0.5) is 5.69 Å². The monoisotopic (exact) mass is 417 g/mol. The molecular weight excluding hydrogens is 402 g/mol. The van der Waals surface area contributed by atoms with Crippen molar-refractivity contribution in [3.05, 3.63) is 58.6 Å². The Hall–Kier alpha value is -2.97. The molecule has 9 heteroatoms. The van der Waals surface area contributed by atoms with Crippen molar-refractivity contribution in [3.8, 4) is 0 Å². The fourth-order valence-corrected chi connectivity index (χ4v) is 3.26. The fourth-order valence-electron chi connectivity index (χ4n) is 2.36. The third kappa shape index (κ3) is 4.85. The van der Waals surface area contributed by atoms with E-state index in [0.29, 0.717) is 16.3 Å². The van der Waals surface area contributed by atoms with Gasteiger partial charge in [-0.1, -0.05) is 23.7 Å². The highest BCUT2D eigenvalue weighted by atomic mass is 35.5. The Morgan fingerprint density at radius 1 is 1.21 bits per heavy atom. The van der Waals surface area contributed by atoms with Crippen molar-refractivity contribution in [1.82, 2.24) is 9.88 Å². The number of anilines is 1. The molecule has 2 amide bonds. The summed E-state index contributed by atoms with van der Waals surface area (Å²) in [6.45, 7) is -0.663. The molecule has 0 atom stereocenters. The zero-order valence-corrected chi connectivity index (χ0v) is 16.4. The van der Waals surface area contributed by atoms with Gasteiger partial charge in [0.1, 0.15) is 0 Å². The zero-order valence-electron chi connectivity index (χ0n) is 14.8. The van der Waals surface area contributed by atoms with Gasteiger partial charge in [-0.3, -0.25) is 9.59 Å². The van der Waals surface area contributed by atoms with Crippen LogP contribution in [-0.4, -0.2) is 47.9 Å². The summed E-state index contributed by atoms with van der Waals surface area (Å²) in [5.74, 6) is -1.52. The lowest BCUT2D eigenvalue weighted by atomic mass is 10.2. The molecule has 28 heavy (non-hydrogen) atoms. The van der Waals surface area contributed by atoms with E-state index in [1.807, 2.05) is 0 Å². The molecule has 0 spiro atoms. The first-order valence-corrected chi connectivity index (χ1v) is 9.48. The number of nitrogens with one attached hydrogen (secondary N) is 1. The lowest BCUT2D eigenvalue weighted by molar-refractivity contribution is -0.136. The van der Waals surface area contributed by atoms with E-state index in [2.05, 4.69) is 10.3 Å². The number of para-hydroxylation sites is 1. The molecule has 1 aromatic heterocycles. The number of ether oxygens (including phenoxy) is 1. The van der Waals surface area contributed by atoms with Crippen molar-refractivity contribution in [3.63, 3.8) is 0 Å². The van der Waals surface area contributed by atoms with E-state index < -0.39 is 24.4 Å². The second kappa shape index (κ2) is 8.81. The van der Waals surface area contributed by atoms with Crippen LogP contribution in [0.2, 0.25) is 5.02 Å². The van der Waals surface area contributed by atoms with Gasteiger partial charge in [0.15, 0.2) is 6.61 Å². The average molecular weight is 418 g/mol. The number of esters is 1. The summed E-state index contributed by atoms with van der Waals surface area (Å²) in [6, 6.07) is 11.8. The normalized spacial score (nSPS) is 10.5. The average Bonchev–Trinajstić information content (AvgIpc) is 3.15. The van der Waals surface area contributed by atoms with Gasteiger partial charge in [0, 0.05) is 7.05 Å². The Bertz CT molecular complexity index is 1040. The molecule has 1 N–H and O–H groups in total. The predicted molar refractivity (Wildman–Crippen MR) is 108 cm³/mol. The topological polar surface area (TPSA) is 88.6 Å². The number of hydrogen-bond donors (Lipinski definition) is 1. The van der Waals surface area contributed by atoms with Gasteiger partial charge >= 0.3 is 5.97 Å². The minimum absolute atomic E-state index is 0.200. The SMILES string of the molecule is CN(CC(=O)Nc1ccccc1Cl)C(=O)COC(=O)c1ccc2ncsc2c1. The molecular formula is C19H16ClN3O4S. The Labute approximate surface area is 169 Å². The minimum Gasteiger partial charge on any atom is -0.452 e. The fraction of sp³-hybridized carbons (Fsp3) is 0.158. The summed E-state index contributed by atoms with van der Waals surface area (Å²) in [5, 5.41) is 3.02. The maximum absolute atomic E-state index is 12.1. The Morgan fingerprint density at radius 2 is 2.00 bits per heavy atom. The van der Waals surface area contributed by atoms with Gasteiger partial charge in [0.05, 0.1) is 38.5 Å². The van der Waals surface area contributed by atoms with Crippen molar-refractivity contribution >= 4 is 56.6 Å². The summed E-state index contributed by atoms with van der Waals surface area (Å²) >= 11 is 7.39. The summed E-state index contributed by atoms with van der Waals surface area (Å²) in [6.07, 6.45) is 0. The van der Waals surface area contributed by atoms with Crippen LogP contribution in [0.15, 0.2) is 48.0 Å². The highest BCUT2D eigenvalue weighted by molar-refractivity contribution is 7.16. The molecule has 0 saturated heterocycles. The van der Waals surface area contributed by atoms with E-state index in [9.17, 15) is 14.4 Å². The number of fused-ring (bicyclic) bond motifs is 1. The summed E-state index contributed by atoms with van der Waals surface area (Å²) in [7, 11) is 1.45. The highest BCUT2D eigenvalue weighted by Gasteiger charge is 2.17. The van der Waals surface area contributed by atoms with E-state index in [1.54, 1.807) is 48.0 Å². The molecule has 0 fully saturated rings. The molecule has 0 saturated carbocycles. The molecule has 0 aliphatic rings. The Kier molecular flexibility index (Phi) is 6.23. The van der Waals surface area contributed by atoms with Gasteiger partial charge in [0.25, 0.3) is 5.91 Å². The lowest BCUT2D eigenvalue weighted by Gasteiger charge is -2.17. The van der Waals surface area contributed by atoms with Crippen LogP contribution in [0.3, 0.4) is 0 Å². The summed E-state index contributed by atoms with van der Waals surface area (Å²) < 4.78 is 5.91. The first-order valence-electron chi connectivity index (χ1n) is 8.23. The van der Waals surface area contributed by atoms with Gasteiger partial charge in [-0.15, -0.1) is 11.3 Å². The highest BCUT2D eigenvalue weighted by Crippen LogP contribution is 2.20. The molecule has 0 bridgehead atoms. The van der Waals surface area contributed by atoms with Crippen molar-refractivity contribution < 1.29 is 19.1 Å². The van der Waals surface area contributed by atoms with Crippen molar-refractivity contribution in [2.45, 2.75) is 0 Å². The molecule has 0 aliphatic carbocycles. The predicted octanol–water partition coefficient (Wildman–Crippen LogP) is 3.20. The third-order valence-electron chi connectivity index (χ3n) is 3.85. The summed E-state index contributed by atoms with van der Waals surface area (Å²) in [5.41, 5.74) is 3.27. The second-order valence-corrected chi connectivity index (χ2v) is 7.18. The zero-order chi connectivity index (χ0) is 20.1. The number of hydrogen-bond acceptors (Lipinski definition) is 6. The van der Waals surface area contributed by atoms with E-state index in [1.165, 1.54) is 23.3 Å². The van der Waals surface area contributed by atoms with Crippen LogP contribution in [-0.2, 0) is 14.3 Å². The van der Waals surface area contributed by atoms with Crippen LogP contribution in [0.5, 0.6) is 0 Å². The number of thiazole rings is 1. The van der Waals surface area contributed by atoms with E-state index >= 15 is 0 Å². The second-order valence-electron chi connectivity index (χ2n) is 5.89. The van der Waals surface area contributed by atoms with Gasteiger partial charge in [-0.25, -0.2) is 9.78 Å². The Morgan fingerprint density at radius 3 is 2.79 bits per heavy atom. The molecule has 0 unspecified atom stereocenters. The molecule has 0 aliphatic heterocycles. The number of carbonyl (C=O) groups excluding carboxylic acids is 3. The van der Waals surface area contributed by atoms with Gasteiger partial charge in [0.2, 0.25) is 5.91 Å². The molecule has 2 aromatic carbocycles. The molecule has 7 nitrogen and oxygen atoms in total. The largest absolute Gasteiger partial charge is 0.452 e. The number of likely N-dealkylation sites (N-methyl/N-ethyl adjacent to an activating group) is 1. The summed E-state index contributed by atoms with van der Waals surface area (Å²) in [4.78, 5) is 41.6. The van der Waals surface area contributed by atoms with Crippen molar-refractivity contribution in [2.75, 3.05) is 25.5 Å². The third-order valence-corrected chi connectivity index (χ3v) is 4.97. The number of halogens is 1. The maximum atomic E-state index is 12.1. The number of benzene rings is 2. The van der Waals surface area contributed by atoms with E-state index in [4.69, 9.17) is 16.3 Å². The quantitative estimate of drug-likeness (QED) is 0.622. The van der Waals surface area contributed by atoms with Crippen LogP contribution in [0.25, 0.3) is 10.2 Å². The first-order chi connectivity index (χ1) is 13.4. The number of aromatic nitrogens is 1. The standard InChI is InChI=1S/C19H16ClN3O4S/c1-23(9-17(24)22-14-5-3-2-4-13(14)20)18(25)10-27-19(26)12-6-7-15-16(8-12)28-11-21-15/h2-8,11H,9-10H2,1H3,(H,22,24). The maximum Gasteiger partial charge on any atom is 0.338 e. The smallest absolute Gasteiger partial charge is 0.338 e. The number of carbonyl (C=O) groups is 3. The minimum atomic E-state index is -0.613. The van der Waals surface area contributed by atoms with Gasteiger partial charge < -0.3 is 15.0 Å². The lowest BCUT2D eigenvalue weighted by Crippen LogP contribution is -2.37. The van der Waals surface area contributed by atoms with Gasteiger partial charge in [-0.2, -0.15) is 0 Å². The van der Waals surface area contributed by atoms with Crippen molar-refractivity contribution in [1.29, 1.82) is 0 Å².